The molecule has 0 aliphatic carbocycles. The van der Waals surface area contributed by atoms with E-state index >= 15 is 0 Å². The SMILES string of the molecule is CCCN(C)c1ncc(C#N)cc1N. The summed E-state index contributed by atoms with van der Waals surface area (Å²) in [5.41, 5.74) is 6.82. The molecule has 0 atom stereocenters. The Kier molecular flexibility index (Phi) is 3.29. The van der Waals surface area contributed by atoms with E-state index in [0.717, 1.165) is 18.8 Å². The zero-order valence-electron chi connectivity index (χ0n) is 8.49. The lowest BCUT2D eigenvalue weighted by molar-refractivity contribution is 0.839. The monoisotopic (exact) mass is 190 g/mol. The average Bonchev–Trinajstić information content (AvgIpc) is 2.17. The van der Waals surface area contributed by atoms with E-state index in [4.69, 9.17) is 11.0 Å². The molecule has 1 aromatic rings. The van der Waals surface area contributed by atoms with Gasteiger partial charge in [0, 0.05) is 19.8 Å². The van der Waals surface area contributed by atoms with E-state index in [2.05, 4.69) is 11.9 Å². The third kappa shape index (κ3) is 2.13. The van der Waals surface area contributed by atoms with Crippen LogP contribution in [0.2, 0.25) is 0 Å². The summed E-state index contributed by atoms with van der Waals surface area (Å²) in [5.74, 6) is 0.742. The van der Waals surface area contributed by atoms with Crippen molar-refractivity contribution in [2.75, 3.05) is 24.2 Å². The largest absolute Gasteiger partial charge is 0.396 e. The summed E-state index contributed by atoms with van der Waals surface area (Å²) < 4.78 is 0. The van der Waals surface area contributed by atoms with E-state index in [1.807, 2.05) is 18.0 Å². The third-order valence-electron chi connectivity index (χ3n) is 1.94. The summed E-state index contributed by atoms with van der Waals surface area (Å²) in [7, 11) is 1.94. The molecule has 0 bridgehead atoms. The maximum absolute atomic E-state index is 8.64. The highest BCUT2D eigenvalue weighted by Crippen LogP contribution is 2.19. The normalized spacial score (nSPS) is 9.50. The summed E-state index contributed by atoms with van der Waals surface area (Å²) in [5, 5.41) is 8.64. The molecule has 14 heavy (non-hydrogen) atoms. The van der Waals surface area contributed by atoms with Gasteiger partial charge in [0.2, 0.25) is 0 Å². The van der Waals surface area contributed by atoms with Crippen molar-refractivity contribution in [1.82, 2.24) is 4.98 Å². The van der Waals surface area contributed by atoms with Crippen LogP contribution in [0, 0.1) is 11.3 Å². The van der Waals surface area contributed by atoms with E-state index in [1.165, 1.54) is 6.20 Å². The second-order valence-corrected chi connectivity index (χ2v) is 3.17. The maximum Gasteiger partial charge on any atom is 0.151 e. The number of hydrogen-bond acceptors (Lipinski definition) is 4. The van der Waals surface area contributed by atoms with Gasteiger partial charge in [-0.3, -0.25) is 0 Å². The Bertz CT molecular complexity index is 354. The van der Waals surface area contributed by atoms with Crippen LogP contribution in [-0.2, 0) is 0 Å². The van der Waals surface area contributed by atoms with Crippen LogP contribution in [-0.4, -0.2) is 18.6 Å². The molecule has 1 aromatic heterocycles. The minimum absolute atomic E-state index is 0.496. The van der Waals surface area contributed by atoms with Gasteiger partial charge in [-0.1, -0.05) is 6.92 Å². The lowest BCUT2D eigenvalue weighted by atomic mass is 10.2. The lowest BCUT2D eigenvalue weighted by Gasteiger charge is -2.18. The number of hydrogen-bond donors (Lipinski definition) is 1. The molecule has 1 heterocycles. The van der Waals surface area contributed by atoms with Gasteiger partial charge in [0.15, 0.2) is 5.82 Å². The standard InChI is InChI=1S/C10H14N4/c1-3-4-14(2)10-9(12)5-8(6-11)7-13-10/h5,7H,3-4,12H2,1-2H3. The van der Waals surface area contributed by atoms with Crippen molar-refractivity contribution in [3.8, 4) is 6.07 Å². The fraction of sp³-hybridized carbons (Fsp3) is 0.400. The van der Waals surface area contributed by atoms with E-state index in [9.17, 15) is 0 Å². The molecule has 74 valence electrons. The molecule has 0 aromatic carbocycles. The zero-order chi connectivity index (χ0) is 10.6. The summed E-state index contributed by atoms with van der Waals surface area (Å²) in [4.78, 5) is 6.13. The number of nitrogens with zero attached hydrogens (tertiary/aromatic N) is 3. The predicted molar refractivity (Wildman–Crippen MR) is 56.9 cm³/mol. The molecule has 2 N–H and O–H groups in total. The van der Waals surface area contributed by atoms with Gasteiger partial charge in [-0.15, -0.1) is 0 Å². The van der Waals surface area contributed by atoms with Gasteiger partial charge in [0.05, 0.1) is 11.3 Å². The van der Waals surface area contributed by atoms with Crippen LogP contribution in [0.1, 0.15) is 18.9 Å². The summed E-state index contributed by atoms with van der Waals surface area (Å²) in [6.07, 6.45) is 2.58. The Labute approximate surface area is 84.0 Å². The van der Waals surface area contributed by atoms with Gasteiger partial charge >= 0.3 is 0 Å². The summed E-state index contributed by atoms with van der Waals surface area (Å²) >= 11 is 0. The van der Waals surface area contributed by atoms with Crippen molar-refractivity contribution in [2.45, 2.75) is 13.3 Å². The first kappa shape index (κ1) is 10.3. The third-order valence-corrected chi connectivity index (χ3v) is 1.94. The highest BCUT2D eigenvalue weighted by molar-refractivity contribution is 5.64. The molecule has 0 fully saturated rings. The number of nitrogens with two attached hydrogens (primary N) is 1. The Morgan fingerprint density at radius 2 is 2.36 bits per heavy atom. The van der Waals surface area contributed by atoms with E-state index in [0.29, 0.717) is 11.3 Å². The van der Waals surface area contributed by atoms with Crippen LogP contribution in [0.3, 0.4) is 0 Å². The molecule has 0 saturated carbocycles. The molecule has 0 amide bonds. The Balaban J connectivity index is 2.95. The van der Waals surface area contributed by atoms with E-state index < -0.39 is 0 Å². The maximum atomic E-state index is 8.64. The van der Waals surface area contributed by atoms with Crippen LogP contribution in [0.5, 0.6) is 0 Å². The molecular formula is C10H14N4. The molecule has 4 heteroatoms. The molecule has 1 rings (SSSR count). The van der Waals surface area contributed by atoms with Gasteiger partial charge in [0.25, 0.3) is 0 Å². The molecule has 0 aliphatic rings. The number of pyridine rings is 1. The first-order chi connectivity index (χ1) is 6.69. The first-order valence-electron chi connectivity index (χ1n) is 4.55. The van der Waals surface area contributed by atoms with Gasteiger partial charge in [-0.2, -0.15) is 5.26 Å². The van der Waals surface area contributed by atoms with Crippen molar-refractivity contribution in [3.63, 3.8) is 0 Å². The number of nitrogen functional groups attached to an aromatic ring is 1. The topological polar surface area (TPSA) is 65.9 Å². The molecule has 4 nitrogen and oxygen atoms in total. The second kappa shape index (κ2) is 4.47. The minimum atomic E-state index is 0.496. The van der Waals surface area contributed by atoms with Crippen molar-refractivity contribution in [1.29, 1.82) is 5.26 Å². The Hall–Kier alpha value is -1.76. The Morgan fingerprint density at radius 3 is 2.86 bits per heavy atom. The van der Waals surface area contributed by atoms with E-state index in [-0.39, 0.29) is 0 Å². The quantitative estimate of drug-likeness (QED) is 0.782. The minimum Gasteiger partial charge on any atom is -0.396 e. The molecule has 0 saturated heterocycles. The summed E-state index contributed by atoms with van der Waals surface area (Å²) in [6.45, 7) is 3.00. The van der Waals surface area contributed by atoms with Crippen molar-refractivity contribution in [3.05, 3.63) is 17.8 Å². The van der Waals surface area contributed by atoms with Gasteiger partial charge in [-0.25, -0.2) is 4.98 Å². The molecular weight excluding hydrogens is 176 g/mol. The molecule has 0 aliphatic heterocycles. The zero-order valence-corrected chi connectivity index (χ0v) is 8.49. The Morgan fingerprint density at radius 1 is 1.64 bits per heavy atom. The average molecular weight is 190 g/mol. The van der Waals surface area contributed by atoms with Crippen molar-refractivity contribution in [2.24, 2.45) is 0 Å². The smallest absolute Gasteiger partial charge is 0.151 e. The fourth-order valence-corrected chi connectivity index (χ4v) is 1.30. The van der Waals surface area contributed by atoms with Crippen LogP contribution in [0.4, 0.5) is 11.5 Å². The highest BCUT2D eigenvalue weighted by Gasteiger charge is 2.06. The molecule has 0 radical (unpaired) electrons. The predicted octanol–water partition coefficient (Wildman–Crippen LogP) is 1.38. The van der Waals surface area contributed by atoms with E-state index in [1.54, 1.807) is 6.07 Å². The molecule has 0 unspecified atom stereocenters. The van der Waals surface area contributed by atoms with Gasteiger partial charge in [0.1, 0.15) is 6.07 Å². The number of rotatable bonds is 3. The summed E-state index contributed by atoms with van der Waals surface area (Å²) in [6, 6.07) is 3.65. The first-order valence-corrected chi connectivity index (χ1v) is 4.55. The lowest BCUT2D eigenvalue weighted by Crippen LogP contribution is -2.20. The van der Waals surface area contributed by atoms with Crippen LogP contribution in [0.25, 0.3) is 0 Å². The fourth-order valence-electron chi connectivity index (χ4n) is 1.30. The van der Waals surface area contributed by atoms with Crippen molar-refractivity contribution < 1.29 is 0 Å². The van der Waals surface area contributed by atoms with Crippen LogP contribution in [0.15, 0.2) is 12.3 Å². The van der Waals surface area contributed by atoms with Crippen molar-refractivity contribution >= 4 is 11.5 Å². The van der Waals surface area contributed by atoms with Crippen LogP contribution >= 0.6 is 0 Å². The van der Waals surface area contributed by atoms with Gasteiger partial charge in [-0.05, 0) is 12.5 Å². The second-order valence-electron chi connectivity index (χ2n) is 3.17. The number of nitriles is 1. The number of aromatic nitrogens is 1. The van der Waals surface area contributed by atoms with Crippen LogP contribution < -0.4 is 10.6 Å². The number of anilines is 2. The highest BCUT2D eigenvalue weighted by atomic mass is 15.2. The molecule has 0 spiro atoms. The van der Waals surface area contributed by atoms with Gasteiger partial charge < -0.3 is 10.6 Å².